The molecular weight excluding hydrogens is 230 g/mol. The van der Waals surface area contributed by atoms with Gasteiger partial charge in [-0.25, -0.2) is 4.98 Å². The largest absolute Gasteiger partial charge is 0.395 e. The molecule has 5 heteroatoms. The average molecular weight is 251 g/mol. The monoisotopic (exact) mass is 251 g/mol. The third-order valence-corrected chi connectivity index (χ3v) is 3.53. The van der Waals surface area contributed by atoms with Crippen LogP contribution in [0.5, 0.6) is 0 Å². The Balaban J connectivity index is 1.97. The van der Waals surface area contributed by atoms with E-state index in [0.29, 0.717) is 13.1 Å². The first-order valence-corrected chi connectivity index (χ1v) is 6.69. The Morgan fingerprint density at radius 3 is 2.83 bits per heavy atom. The highest BCUT2D eigenvalue weighted by Crippen LogP contribution is 2.25. The SMILES string of the molecule is O=C(C1CCCCC1)N(CCO)Cc1ncc[nH]1. The maximum absolute atomic E-state index is 12.4. The zero-order valence-corrected chi connectivity index (χ0v) is 10.6. The number of carbonyl (C=O) groups excluding carboxylic acids is 1. The summed E-state index contributed by atoms with van der Waals surface area (Å²) in [6.45, 7) is 0.845. The average Bonchev–Trinajstić information content (AvgIpc) is 2.91. The van der Waals surface area contributed by atoms with Crippen LogP contribution in [0.2, 0.25) is 0 Å². The van der Waals surface area contributed by atoms with Gasteiger partial charge in [-0.2, -0.15) is 0 Å². The van der Waals surface area contributed by atoms with Crippen LogP contribution in [0.15, 0.2) is 12.4 Å². The summed E-state index contributed by atoms with van der Waals surface area (Å²) in [5.74, 6) is 1.08. The lowest BCUT2D eigenvalue weighted by molar-refractivity contribution is -0.137. The van der Waals surface area contributed by atoms with Crippen LogP contribution in [-0.2, 0) is 11.3 Å². The van der Waals surface area contributed by atoms with E-state index in [4.69, 9.17) is 5.11 Å². The molecule has 2 N–H and O–H groups in total. The molecule has 1 aromatic heterocycles. The number of carbonyl (C=O) groups is 1. The first kappa shape index (κ1) is 13.1. The number of nitrogens with zero attached hydrogens (tertiary/aromatic N) is 2. The van der Waals surface area contributed by atoms with Gasteiger partial charge in [-0.05, 0) is 12.8 Å². The number of aliphatic hydroxyl groups excluding tert-OH is 1. The van der Waals surface area contributed by atoms with Crippen molar-refractivity contribution in [3.63, 3.8) is 0 Å². The number of aromatic nitrogens is 2. The summed E-state index contributed by atoms with van der Waals surface area (Å²) < 4.78 is 0. The summed E-state index contributed by atoms with van der Waals surface area (Å²) in [4.78, 5) is 21.2. The van der Waals surface area contributed by atoms with E-state index in [9.17, 15) is 4.79 Å². The number of aliphatic hydroxyl groups is 1. The van der Waals surface area contributed by atoms with E-state index in [1.165, 1.54) is 6.42 Å². The molecule has 1 saturated carbocycles. The van der Waals surface area contributed by atoms with Crippen molar-refractivity contribution in [2.45, 2.75) is 38.6 Å². The number of hydrogen-bond acceptors (Lipinski definition) is 3. The molecule has 0 radical (unpaired) electrons. The lowest BCUT2D eigenvalue weighted by Crippen LogP contribution is -2.38. The predicted molar refractivity (Wildman–Crippen MR) is 67.7 cm³/mol. The van der Waals surface area contributed by atoms with Gasteiger partial charge in [0.15, 0.2) is 0 Å². The fourth-order valence-corrected chi connectivity index (χ4v) is 2.56. The molecule has 1 amide bonds. The topological polar surface area (TPSA) is 69.2 Å². The summed E-state index contributed by atoms with van der Waals surface area (Å²) in [5, 5.41) is 9.09. The Morgan fingerprint density at radius 2 is 2.22 bits per heavy atom. The molecule has 1 aromatic rings. The molecular formula is C13H21N3O2. The fourth-order valence-electron chi connectivity index (χ4n) is 2.56. The van der Waals surface area contributed by atoms with Crippen molar-refractivity contribution in [2.75, 3.05) is 13.2 Å². The van der Waals surface area contributed by atoms with E-state index in [1.807, 2.05) is 0 Å². The predicted octanol–water partition coefficient (Wildman–Crippen LogP) is 1.31. The third kappa shape index (κ3) is 3.32. The molecule has 5 nitrogen and oxygen atoms in total. The molecule has 2 rings (SSSR count). The Bertz CT molecular complexity index is 358. The first-order valence-electron chi connectivity index (χ1n) is 6.69. The number of nitrogens with one attached hydrogen (secondary N) is 1. The van der Waals surface area contributed by atoms with Crippen LogP contribution in [0.25, 0.3) is 0 Å². The van der Waals surface area contributed by atoms with E-state index >= 15 is 0 Å². The second-order valence-electron chi connectivity index (χ2n) is 4.85. The molecule has 1 fully saturated rings. The summed E-state index contributed by atoms with van der Waals surface area (Å²) >= 11 is 0. The van der Waals surface area contributed by atoms with Crippen molar-refractivity contribution >= 4 is 5.91 Å². The van der Waals surface area contributed by atoms with Crippen LogP contribution in [0.1, 0.15) is 37.9 Å². The van der Waals surface area contributed by atoms with Gasteiger partial charge in [-0.1, -0.05) is 19.3 Å². The second-order valence-corrected chi connectivity index (χ2v) is 4.85. The van der Waals surface area contributed by atoms with Gasteiger partial charge in [0.05, 0.1) is 13.2 Å². The fraction of sp³-hybridized carbons (Fsp3) is 0.692. The highest BCUT2D eigenvalue weighted by atomic mass is 16.3. The minimum atomic E-state index is -0.000825. The smallest absolute Gasteiger partial charge is 0.226 e. The minimum absolute atomic E-state index is 0.000825. The van der Waals surface area contributed by atoms with Crippen molar-refractivity contribution < 1.29 is 9.90 Å². The Hall–Kier alpha value is -1.36. The van der Waals surface area contributed by atoms with Crippen molar-refractivity contribution in [3.05, 3.63) is 18.2 Å². The molecule has 1 aliphatic rings. The molecule has 0 atom stereocenters. The molecule has 18 heavy (non-hydrogen) atoms. The van der Waals surface area contributed by atoms with Crippen molar-refractivity contribution in [2.24, 2.45) is 5.92 Å². The Labute approximate surface area is 107 Å². The zero-order valence-electron chi connectivity index (χ0n) is 10.6. The molecule has 0 unspecified atom stereocenters. The Kier molecular flexibility index (Phi) is 4.75. The van der Waals surface area contributed by atoms with Gasteiger partial charge in [-0.15, -0.1) is 0 Å². The van der Waals surface area contributed by atoms with Crippen molar-refractivity contribution in [3.8, 4) is 0 Å². The van der Waals surface area contributed by atoms with Crippen LogP contribution in [0, 0.1) is 5.92 Å². The number of H-pyrrole nitrogens is 1. The van der Waals surface area contributed by atoms with Crippen LogP contribution in [0.3, 0.4) is 0 Å². The van der Waals surface area contributed by atoms with E-state index < -0.39 is 0 Å². The van der Waals surface area contributed by atoms with Crippen molar-refractivity contribution in [1.82, 2.24) is 14.9 Å². The summed E-state index contributed by atoms with van der Waals surface area (Å²) in [5.41, 5.74) is 0. The summed E-state index contributed by atoms with van der Waals surface area (Å²) in [6.07, 6.45) is 8.92. The quantitative estimate of drug-likeness (QED) is 0.829. The number of aromatic amines is 1. The van der Waals surface area contributed by atoms with Gasteiger partial charge >= 0.3 is 0 Å². The first-order chi connectivity index (χ1) is 8.81. The van der Waals surface area contributed by atoms with E-state index in [-0.39, 0.29) is 18.4 Å². The van der Waals surface area contributed by atoms with Crippen LogP contribution in [-0.4, -0.2) is 39.0 Å². The number of rotatable bonds is 5. The maximum Gasteiger partial charge on any atom is 0.226 e. The van der Waals surface area contributed by atoms with Crippen LogP contribution in [0.4, 0.5) is 0 Å². The Morgan fingerprint density at radius 1 is 1.44 bits per heavy atom. The normalized spacial score (nSPS) is 16.7. The molecule has 0 bridgehead atoms. The molecule has 0 aromatic carbocycles. The third-order valence-electron chi connectivity index (χ3n) is 3.53. The maximum atomic E-state index is 12.4. The number of amides is 1. The molecule has 0 saturated heterocycles. The van der Waals surface area contributed by atoms with Crippen LogP contribution >= 0.6 is 0 Å². The molecule has 0 spiro atoms. The van der Waals surface area contributed by atoms with E-state index in [2.05, 4.69) is 9.97 Å². The van der Waals surface area contributed by atoms with Gasteiger partial charge in [0.2, 0.25) is 5.91 Å². The highest BCUT2D eigenvalue weighted by Gasteiger charge is 2.26. The molecule has 0 aliphatic heterocycles. The van der Waals surface area contributed by atoms with Gasteiger partial charge < -0.3 is 15.0 Å². The molecule has 1 aliphatic carbocycles. The number of imidazole rings is 1. The lowest BCUT2D eigenvalue weighted by Gasteiger charge is -2.28. The van der Waals surface area contributed by atoms with Crippen molar-refractivity contribution in [1.29, 1.82) is 0 Å². The highest BCUT2D eigenvalue weighted by molar-refractivity contribution is 5.78. The van der Waals surface area contributed by atoms with Gasteiger partial charge in [0.25, 0.3) is 0 Å². The second kappa shape index (κ2) is 6.54. The zero-order chi connectivity index (χ0) is 12.8. The summed E-state index contributed by atoms with van der Waals surface area (Å²) in [7, 11) is 0. The van der Waals surface area contributed by atoms with Gasteiger partial charge in [-0.3, -0.25) is 4.79 Å². The minimum Gasteiger partial charge on any atom is -0.395 e. The van der Waals surface area contributed by atoms with E-state index in [0.717, 1.165) is 31.5 Å². The standard InChI is InChI=1S/C13H21N3O2/c17-9-8-16(10-12-14-6-7-15-12)13(18)11-4-2-1-3-5-11/h6-7,11,17H,1-5,8-10H2,(H,14,15). The summed E-state index contributed by atoms with van der Waals surface area (Å²) in [6, 6.07) is 0. The van der Waals surface area contributed by atoms with Gasteiger partial charge in [0, 0.05) is 24.9 Å². The number of hydrogen-bond donors (Lipinski definition) is 2. The molecule has 1 heterocycles. The molecule has 100 valence electrons. The van der Waals surface area contributed by atoms with Crippen LogP contribution < -0.4 is 0 Å². The van der Waals surface area contributed by atoms with Gasteiger partial charge in [0.1, 0.15) is 5.82 Å². The lowest BCUT2D eigenvalue weighted by atomic mass is 9.88. The van der Waals surface area contributed by atoms with E-state index in [1.54, 1.807) is 17.3 Å².